The molecule has 0 unspecified atom stereocenters. The van der Waals surface area contributed by atoms with Crippen LogP contribution in [0.4, 0.5) is 0 Å². The van der Waals surface area contributed by atoms with E-state index in [1.165, 1.54) is 23.5 Å². The Morgan fingerprint density at radius 3 is 2.52 bits per heavy atom. The van der Waals surface area contributed by atoms with Crippen LogP contribution >= 0.6 is 0 Å². The van der Waals surface area contributed by atoms with Crippen molar-refractivity contribution in [1.29, 1.82) is 0 Å². The van der Waals surface area contributed by atoms with Crippen LogP contribution in [0.25, 0.3) is 0 Å². The number of benzene rings is 1. The molecule has 5 nitrogen and oxygen atoms in total. The fraction of sp³-hybridized carbons (Fsp3) is 0.571. The van der Waals surface area contributed by atoms with Gasteiger partial charge in [-0.15, -0.1) is 0 Å². The van der Waals surface area contributed by atoms with Crippen LogP contribution in [0.3, 0.4) is 0 Å². The maximum absolute atomic E-state index is 12.4. The second-order valence-corrected chi connectivity index (χ2v) is 13.9. The maximum Gasteiger partial charge on any atom is 0.244 e. The van der Waals surface area contributed by atoms with Crippen molar-refractivity contribution in [2.75, 3.05) is 20.4 Å². The molecule has 0 amide bonds. The summed E-state index contributed by atoms with van der Waals surface area (Å²) >= 11 is 0. The van der Waals surface area contributed by atoms with Crippen molar-refractivity contribution in [1.82, 2.24) is 4.31 Å². The van der Waals surface area contributed by atoms with Crippen molar-refractivity contribution in [2.24, 2.45) is 0 Å². The van der Waals surface area contributed by atoms with E-state index < -0.39 is 18.1 Å². The standard InChI is InChI=1S/C14H25NO4SSi/c1-15(12-19-8-9-21(2,3)4)20(17,18)14-7-5-6-13(10-14)11-16/h5-7,10,16H,8-9,11-12H2,1-4H3. The molecule has 0 aromatic heterocycles. The Morgan fingerprint density at radius 1 is 1.29 bits per heavy atom. The lowest BCUT2D eigenvalue weighted by molar-refractivity contribution is 0.0907. The summed E-state index contributed by atoms with van der Waals surface area (Å²) < 4.78 is 31.4. The van der Waals surface area contributed by atoms with Gasteiger partial charge in [-0.1, -0.05) is 31.8 Å². The van der Waals surface area contributed by atoms with Gasteiger partial charge in [-0.3, -0.25) is 0 Å². The molecular weight excluding hydrogens is 306 g/mol. The van der Waals surface area contributed by atoms with Gasteiger partial charge in [0.15, 0.2) is 0 Å². The molecule has 0 aliphatic carbocycles. The van der Waals surface area contributed by atoms with Gasteiger partial charge in [0.05, 0.1) is 11.5 Å². The van der Waals surface area contributed by atoms with Gasteiger partial charge < -0.3 is 9.84 Å². The van der Waals surface area contributed by atoms with Crippen molar-refractivity contribution < 1.29 is 18.3 Å². The first-order valence-electron chi connectivity index (χ1n) is 6.91. The molecule has 1 aromatic rings. The Hall–Kier alpha value is -0.733. The lowest BCUT2D eigenvalue weighted by Crippen LogP contribution is -2.30. The van der Waals surface area contributed by atoms with E-state index in [-0.39, 0.29) is 18.2 Å². The van der Waals surface area contributed by atoms with Crippen molar-refractivity contribution >= 4 is 18.1 Å². The molecule has 0 bridgehead atoms. The van der Waals surface area contributed by atoms with Crippen LogP contribution in [0.2, 0.25) is 25.7 Å². The van der Waals surface area contributed by atoms with Crippen LogP contribution in [-0.2, 0) is 21.4 Å². The Labute approximate surface area is 128 Å². The minimum Gasteiger partial charge on any atom is -0.392 e. The predicted molar refractivity (Wildman–Crippen MR) is 86.3 cm³/mol. The fourth-order valence-corrected chi connectivity index (χ4v) is 3.51. The Kier molecular flexibility index (Phi) is 6.55. The molecule has 7 heteroatoms. The molecule has 0 saturated heterocycles. The van der Waals surface area contributed by atoms with Crippen LogP contribution in [0.15, 0.2) is 29.2 Å². The lowest BCUT2D eigenvalue weighted by Gasteiger charge is -2.20. The highest BCUT2D eigenvalue weighted by Crippen LogP contribution is 2.16. The molecule has 0 atom stereocenters. The van der Waals surface area contributed by atoms with E-state index in [9.17, 15) is 8.42 Å². The minimum absolute atomic E-state index is 0.0379. The molecule has 1 aromatic carbocycles. The van der Waals surface area contributed by atoms with Gasteiger partial charge in [0.1, 0.15) is 6.73 Å². The number of sulfonamides is 1. The molecule has 0 spiro atoms. The average Bonchev–Trinajstić information content (AvgIpc) is 2.42. The zero-order valence-electron chi connectivity index (χ0n) is 13.2. The molecule has 0 saturated carbocycles. The zero-order valence-corrected chi connectivity index (χ0v) is 15.0. The van der Waals surface area contributed by atoms with Gasteiger partial charge in [0.2, 0.25) is 10.0 Å². The summed E-state index contributed by atoms with van der Waals surface area (Å²) in [4.78, 5) is 0.172. The van der Waals surface area contributed by atoms with Gasteiger partial charge in [-0.05, 0) is 23.7 Å². The highest BCUT2D eigenvalue weighted by atomic mass is 32.2. The SMILES string of the molecule is CN(COCC[Si](C)(C)C)S(=O)(=O)c1cccc(CO)c1. The summed E-state index contributed by atoms with van der Waals surface area (Å²) in [6.07, 6.45) is 0. The third-order valence-electron chi connectivity index (χ3n) is 3.06. The van der Waals surface area contributed by atoms with E-state index in [1.54, 1.807) is 12.1 Å². The molecule has 0 fully saturated rings. The molecule has 0 heterocycles. The number of aliphatic hydroxyl groups excluding tert-OH is 1. The third kappa shape index (κ3) is 5.88. The molecule has 0 radical (unpaired) electrons. The first kappa shape index (κ1) is 18.3. The average molecular weight is 332 g/mol. The van der Waals surface area contributed by atoms with Crippen molar-refractivity contribution in [3.63, 3.8) is 0 Å². The number of nitrogens with zero attached hydrogens (tertiary/aromatic N) is 1. The molecule has 0 aliphatic rings. The summed E-state index contributed by atoms with van der Waals surface area (Å²) in [5.41, 5.74) is 0.573. The second kappa shape index (κ2) is 7.51. The Balaban J connectivity index is 2.65. The first-order valence-corrected chi connectivity index (χ1v) is 12.1. The summed E-state index contributed by atoms with van der Waals surface area (Å²) in [5, 5.41) is 9.09. The van der Waals surface area contributed by atoms with E-state index in [1.807, 2.05) is 0 Å². The number of ether oxygens (including phenoxy) is 1. The van der Waals surface area contributed by atoms with Crippen molar-refractivity contribution in [3.05, 3.63) is 29.8 Å². The van der Waals surface area contributed by atoms with Gasteiger partial charge >= 0.3 is 0 Å². The zero-order chi connectivity index (χ0) is 16.1. The van der Waals surface area contributed by atoms with Gasteiger partial charge in [0.25, 0.3) is 0 Å². The Morgan fingerprint density at radius 2 is 1.95 bits per heavy atom. The number of rotatable bonds is 8. The fourth-order valence-electron chi connectivity index (χ4n) is 1.63. The molecular formula is C14H25NO4SSi. The summed E-state index contributed by atoms with van der Waals surface area (Å²) in [6.45, 7) is 7.17. The minimum atomic E-state index is -3.58. The topological polar surface area (TPSA) is 66.8 Å². The van der Waals surface area contributed by atoms with Crippen LogP contribution < -0.4 is 0 Å². The second-order valence-electron chi connectivity index (χ2n) is 6.26. The summed E-state index contributed by atoms with van der Waals surface area (Å²) in [5.74, 6) is 0. The molecule has 1 N–H and O–H groups in total. The molecule has 0 aliphatic heterocycles. The highest BCUT2D eigenvalue weighted by Gasteiger charge is 2.21. The molecule has 1 rings (SSSR count). The predicted octanol–water partition coefficient (Wildman–Crippen LogP) is 2.11. The van der Waals surface area contributed by atoms with E-state index in [4.69, 9.17) is 9.84 Å². The third-order valence-corrected chi connectivity index (χ3v) is 6.54. The molecule has 21 heavy (non-hydrogen) atoms. The monoisotopic (exact) mass is 331 g/mol. The number of hydrogen-bond donors (Lipinski definition) is 1. The normalized spacial score (nSPS) is 12.9. The van der Waals surface area contributed by atoms with Gasteiger partial charge in [-0.2, -0.15) is 4.31 Å². The van der Waals surface area contributed by atoms with Crippen LogP contribution in [0.5, 0.6) is 0 Å². The molecule has 120 valence electrons. The maximum atomic E-state index is 12.4. The van der Waals surface area contributed by atoms with E-state index in [0.717, 1.165) is 6.04 Å². The van der Waals surface area contributed by atoms with Gasteiger partial charge in [-0.25, -0.2) is 8.42 Å². The number of hydrogen-bond acceptors (Lipinski definition) is 4. The van der Waals surface area contributed by atoms with Crippen LogP contribution in [-0.4, -0.2) is 46.3 Å². The Bertz CT molecular complexity index is 554. The smallest absolute Gasteiger partial charge is 0.244 e. The largest absolute Gasteiger partial charge is 0.392 e. The van der Waals surface area contributed by atoms with Crippen LogP contribution in [0, 0.1) is 0 Å². The highest BCUT2D eigenvalue weighted by molar-refractivity contribution is 7.89. The van der Waals surface area contributed by atoms with Crippen molar-refractivity contribution in [3.8, 4) is 0 Å². The van der Waals surface area contributed by atoms with Crippen LogP contribution in [0.1, 0.15) is 5.56 Å². The summed E-state index contributed by atoms with van der Waals surface area (Å²) in [6, 6.07) is 7.31. The van der Waals surface area contributed by atoms with E-state index >= 15 is 0 Å². The van der Waals surface area contributed by atoms with Crippen molar-refractivity contribution in [2.45, 2.75) is 37.2 Å². The summed E-state index contributed by atoms with van der Waals surface area (Å²) in [7, 11) is -3.26. The quantitative estimate of drug-likeness (QED) is 0.450. The number of aliphatic hydroxyl groups is 1. The van der Waals surface area contributed by atoms with E-state index in [0.29, 0.717) is 12.2 Å². The van der Waals surface area contributed by atoms with Gasteiger partial charge in [0, 0.05) is 21.7 Å². The van der Waals surface area contributed by atoms with E-state index in [2.05, 4.69) is 19.6 Å². The lowest BCUT2D eigenvalue weighted by atomic mass is 10.2. The first-order chi connectivity index (χ1) is 9.66.